The summed E-state index contributed by atoms with van der Waals surface area (Å²) >= 11 is 5.90. The molecule has 2 aliphatic rings. The number of halogens is 4. The molecule has 1 aromatic carbocycles. The van der Waals surface area contributed by atoms with Crippen LogP contribution in [0.5, 0.6) is 0 Å². The van der Waals surface area contributed by atoms with Crippen molar-refractivity contribution in [2.24, 2.45) is 5.92 Å². The molecule has 1 heterocycles. The number of anilines is 1. The van der Waals surface area contributed by atoms with Gasteiger partial charge in [-0.3, -0.25) is 4.79 Å². The van der Waals surface area contributed by atoms with E-state index in [9.17, 15) is 18.0 Å². The van der Waals surface area contributed by atoms with Gasteiger partial charge in [-0.25, -0.2) is 0 Å². The van der Waals surface area contributed by atoms with Gasteiger partial charge in [0.15, 0.2) is 0 Å². The maximum absolute atomic E-state index is 14.0. The van der Waals surface area contributed by atoms with E-state index in [1.54, 1.807) is 0 Å². The molecule has 0 radical (unpaired) electrons. The average molecular weight is 346 g/mol. The third-order valence-corrected chi connectivity index (χ3v) is 4.25. The Labute approximate surface area is 136 Å². The van der Waals surface area contributed by atoms with Crippen molar-refractivity contribution in [3.8, 4) is 0 Å². The first kappa shape index (κ1) is 16.3. The lowest BCUT2D eigenvalue weighted by Gasteiger charge is -2.34. The van der Waals surface area contributed by atoms with E-state index < -0.39 is 23.8 Å². The second kappa shape index (κ2) is 5.53. The number of carbonyl (C=O) groups excluding carboxylic acids is 1. The van der Waals surface area contributed by atoms with Crippen molar-refractivity contribution < 1.29 is 22.7 Å². The summed E-state index contributed by atoms with van der Waals surface area (Å²) in [4.78, 5) is 12.0. The lowest BCUT2D eigenvalue weighted by atomic mass is 9.90. The molecule has 7 heteroatoms. The third-order valence-electron chi connectivity index (χ3n) is 4.02. The van der Waals surface area contributed by atoms with Crippen LogP contribution in [0.25, 0.3) is 0 Å². The van der Waals surface area contributed by atoms with Crippen molar-refractivity contribution in [1.29, 1.82) is 0 Å². The Morgan fingerprint density at radius 3 is 2.70 bits per heavy atom. The molecule has 23 heavy (non-hydrogen) atoms. The molecule has 0 unspecified atom stereocenters. The lowest BCUT2D eigenvalue weighted by Crippen LogP contribution is -2.45. The van der Waals surface area contributed by atoms with Gasteiger partial charge in [0.25, 0.3) is 5.91 Å². The summed E-state index contributed by atoms with van der Waals surface area (Å²) in [7, 11) is 0. The number of hydrogen-bond donors (Lipinski definition) is 1. The first-order valence-electron chi connectivity index (χ1n) is 7.28. The molecule has 1 fully saturated rings. The lowest BCUT2D eigenvalue weighted by molar-refractivity contribution is -0.271. The van der Waals surface area contributed by atoms with E-state index in [1.165, 1.54) is 31.2 Å². The van der Waals surface area contributed by atoms with Gasteiger partial charge in [0.1, 0.15) is 6.10 Å². The number of alkyl halides is 3. The summed E-state index contributed by atoms with van der Waals surface area (Å²) in [5.41, 5.74) is -2.84. The largest absolute Gasteiger partial charge is 0.425 e. The number of rotatable bonds is 2. The zero-order chi connectivity index (χ0) is 16.8. The van der Waals surface area contributed by atoms with E-state index in [0.717, 1.165) is 18.9 Å². The predicted molar refractivity (Wildman–Crippen MR) is 80.2 cm³/mol. The third kappa shape index (κ3) is 2.97. The fourth-order valence-electron chi connectivity index (χ4n) is 2.57. The van der Waals surface area contributed by atoms with Crippen LogP contribution in [0, 0.1) is 5.92 Å². The van der Waals surface area contributed by atoms with Crippen molar-refractivity contribution in [2.45, 2.75) is 37.6 Å². The highest BCUT2D eigenvalue weighted by Gasteiger charge is 2.59. The van der Waals surface area contributed by atoms with Crippen LogP contribution < -0.4 is 5.32 Å². The van der Waals surface area contributed by atoms with Crippen molar-refractivity contribution in [3.63, 3.8) is 0 Å². The Balaban J connectivity index is 2.22. The summed E-state index contributed by atoms with van der Waals surface area (Å²) in [5.74, 6) is -0.498. The minimum absolute atomic E-state index is 0.0570. The summed E-state index contributed by atoms with van der Waals surface area (Å²) < 4.78 is 47.3. The smallest absolute Gasteiger partial charge is 0.344 e. The summed E-state index contributed by atoms with van der Waals surface area (Å²) in [6.07, 6.45) is -1.74. The molecule has 1 N–H and O–H groups in total. The van der Waals surface area contributed by atoms with Gasteiger partial charge in [-0.2, -0.15) is 13.2 Å². The Morgan fingerprint density at radius 1 is 1.39 bits per heavy atom. The molecular weight excluding hydrogens is 331 g/mol. The fraction of sp³-hybridized carbons (Fsp3) is 0.438. The minimum Gasteiger partial charge on any atom is -0.344 e. The number of ether oxygens (including phenoxy) is 1. The monoisotopic (exact) mass is 345 g/mol. The second-order valence-corrected chi connectivity index (χ2v) is 6.31. The summed E-state index contributed by atoms with van der Waals surface area (Å²) in [6, 6.07) is 3.99. The highest BCUT2D eigenvalue weighted by molar-refractivity contribution is 6.30. The highest BCUT2D eigenvalue weighted by Crippen LogP contribution is 2.49. The Morgan fingerprint density at radius 2 is 2.09 bits per heavy atom. The van der Waals surface area contributed by atoms with Crippen LogP contribution in [-0.2, 0) is 15.1 Å². The SMILES string of the molecule is C[C@H]1O[C@@](/C=C/C2CC2)(C(F)(F)F)c2cc(Cl)ccc2NC1=O. The van der Waals surface area contributed by atoms with Crippen LogP contribution >= 0.6 is 11.6 Å². The van der Waals surface area contributed by atoms with Crippen LogP contribution in [-0.4, -0.2) is 18.2 Å². The molecule has 1 aliphatic carbocycles. The van der Waals surface area contributed by atoms with Crippen LogP contribution in [0.3, 0.4) is 0 Å². The summed E-state index contributed by atoms with van der Waals surface area (Å²) in [6.45, 7) is 1.30. The van der Waals surface area contributed by atoms with Crippen molar-refractivity contribution in [3.05, 3.63) is 40.9 Å². The maximum Gasteiger partial charge on any atom is 0.425 e. The van der Waals surface area contributed by atoms with Gasteiger partial charge in [-0.1, -0.05) is 17.7 Å². The molecule has 124 valence electrons. The Kier molecular flexibility index (Phi) is 3.92. The van der Waals surface area contributed by atoms with E-state index in [0.29, 0.717) is 0 Å². The van der Waals surface area contributed by atoms with Crippen LogP contribution in [0.2, 0.25) is 5.02 Å². The van der Waals surface area contributed by atoms with Gasteiger partial charge in [0, 0.05) is 16.3 Å². The topological polar surface area (TPSA) is 38.3 Å². The van der Waals surface area contributed by atoms with Crippen molar-refractivity contribution >= 4 is 23.2 Å². The van der Waals surface area contributed by atoms with E-state index in [4.69, 9.17) is 16.3 Å². The predicted octanol–water partition coefficient (Wildman–Crippen LogP) is 4.42. The molecule has 2 atom stereocenters. The van der Waals surface area contributed by atoms with Gasteiger partial charge < -0.3 is 10.1 Å². The van der Waals surface area contributed by atoms with E-state index in [2.05, 4.69) is 5.32 Å². The first-order chi connectivity index (χ1) is 10.7. The first-order valence-corrected chi connectivity index (χ1v) is 7.65. The molecule has 3 nitrogen and oxygen atoms in total. The van der Waals surface area contributed by atoms with E-state index >= 15 is 0 Å². The normalized spacial score (nSPS) is 28.4. The van der Waals surface area contributed by atoms with Crippen LogP contribution in [0.1, 0.15) is 25.3 Å². The number of allylic oxidation sites excluding steroid dienone is 1. The maximum atomic E-state index is 14.0. The van der Waals surface area contributed by atoms with Crippen LogP contribution in [0.15, 0.2) is 30.4 Å². The number of benzene rings is 1. The minimum atomic E-state index is -4.74. The highest BCUT2D eigenvalue weighted by atomic mass is 35.5. The molecule has 1 aromatic rings. The molecule has 1 amide bonds. The van der Waals surface area contributed by atoms with Crippen molar-refractivity contribution in [2.75, 3.05) is 5.32 Å². The fourth-order valence-corrected chi connectivity index (χ4v) is 2.74. The average Bonchev–Trinajstić information content (AvgIpc) is 3.27. The van der Waals surface area contributed by atoms with Gasteiger partial charge in [-0.05, 0) is 50.0 Å². The van der Waals surface area contributed by atoms with Gasteiger partial charge in [0.05, 0.1) is 0 Å². The molecule has 0 spiro atoms. The second-order valence-electron chi connectivity index (χ2n) is 5.87. The standard InChI is InChI=1S/C16H15ClF3NO2/c1-9-14(22)21-13-5-4-11(17)8-12(13)15(23-9,16(18,19)20)7-6-10-2-3-10/h4-10H,2-3H2,1H3,(H,21,22)/b7-6+/t9-,15-/m1/s1. The van der Waals surface area contributed by atoms with Crippen LogP contribution in [0.4, 0.5) is 18.9 Å². The molecular formula is C16H15ClF3NO2. The zero-order valence-electron chi connectivity index (χ0n) is 12.3. The number of hydrogen-bond acceptors (Lipinski definition) is 2. The quantitative estimate of drug-likeness (QED) is 0.806. The number of amides is 1. The van der Waals surface area contributed by atoms with E-state index in [-0.39, 0.29) is 22.2 Å². The van der Waals surface area contributed by atoms with Gasteiger partial charge >= 0.3 is 6.18 Å². The van der Waals surface area contributed by atoms with Crippen molar-refractivity contribution in [1.82, 2.24) is 0 Å². The Bertz CT molecular complexity index is 670. The van der Waals surface area contributed by atoms with Gasteiger partial charge in [-0.15, -0.1) is 0 Å². The molecule has 1 saturated carbocycles. The molecule has 1 aliphatic heterocycles. The number of nitrogens with one attached hydrogen (secondary N) is 1. The van der Waals surface area contributed by atoms with E-state index in [1.807, 2.05) is 0 Å². The summed E-state index contributed by atoms with van der Waals surface area (Å²) in [5, 5.41) is 2.62. The number of fused-ring (bicyclic) bond motifs is 1. The molecule has 0 aromatic heterocycles. The Hall–Kier alpha value is -1.53. The van der Waals surface area contributed by atoms with Gasteiger partial charge in [0.2, 0.25) is 5.60 Å². The molecule has 0 bridgehead atoms. The molecule has 0 saturated heterocycles. The number of carbonyl (C=O) groups is 1. The zero-order valence-corrected chi connectivity index (χ0v) is 13.0. The molecule has 3 rings (SSSR count).